The van der Waals surface area contributed by atoms with E-state index in [0.29, 0.717) is 6.42 Å². The predicted octanol–water partition coefficient (Wildman–Crippen LogP) is 1.62. The summed E-state index contributed by atoms with van der Waals surface area (Å²) in [6.07, 6.45) is -0.243. The molecule has 0 aliphatic carbocycles. The van der Waals surface area contributed by atoms with Gasteiger partial charge < -0.3 is 15.3 Å². The lowest BCUT2D eigenvalue weighted by molar-refractivity contribution is -0.385. The van der Waals surface area contributed by atoms with E-state index in [9.17, 15) is 24.4 Å². The molecule has 0 heterocycles. The third-order valence-electron chi connectivity index (χ3n) is 3.01. The number of hydrogen-bond donors (Lipinski definition) is 2. The zero-order valence-electron chi connectivity index (χ0n) is 12.1. The Morgan fingerprint density at radius 1 is 1.57 bits per heavy atom. The summed E-state index contributed by atoms with van der Waals surface area (Å²) in [6, 6.07) is 1.84. The number of carbonyl (C=O) groups is 1. The van der Waals surface area contributed by atoms with E-state index in [1.165, 1.54) is 19.0 Å². The fraction of sp³-hybridized carbons (Fsp3) is 0.462. The second-order valence-electron chi connectivity index (χ2n) is 4.72. The molecule has 0 bridgehead atoms. The van der Waals surface area contributed by atoms with E-state index < -0.39 is 28.4 Å². The third-order valence-corrected chi connectivity index (χ3v) is 3.01. The highest BCUT2D eigenvalue weighted by molar-refractivity contribution is 5.99. The van der Waals surface area contributed by atoms with E-state index in [4.69, 9.17) is 0 Å². The molecule has 1 atom stereocenters. The molecule has 0 aliphatic rings. The van der Waals surface area contributed by atoms with Crippen molar-refractivity contribution in [2.45, 2.75) is 19.4 Å². The maximum Gasteiger partial charge on any atom is 0.285 e. The lowest BCUT2D eigenvalue weighted by atomic mass is 10.1. The number of nitrogens with zero attached hydrogens (tertiary/aromatic N) is 2. The summed E-state index contributed by atoms with van der Waals surface area (Å²) in [4.78, 5) is 23.7. The predicted molar refractivity (Wildman–Crippen MR) is 75.9 cm³/mol. The van der Waals surface area contributed by atoms with Crippen LogP contribution in [0.3, 0.4) is 0 Å². The summed E-state index contributed by atoms with van der Waals surface area (Å²) in [7, 11) is 2.92. The number of nitro groups is 1. The summed E-state index contributed by atoms with van der Waals surface area (Å²) in [6.45, 7) is 1.82. The van der Waals surface area contributed by atoms with E-state index in [0.717, 1.165) is 12.1 Å². The molecule has 2 N–H and O–H groups in total. The number of hydrogen-bond acceptors (Lipinski definition) is 5. The molecule has 21 heavy (non-hydrogen) atoms. The molecule has 7 nitrogen and oxygen atoms in total. The average Bonchev–Trinajstić information content (AvgIpc) is 2.43. The number of nitro benzene ring substituents is 1. The molecule has 0 spiro atoms. The van der Waals surface area contributed by atoms with Crippen molar-refractivity contribution in [2.24, 2.45) is 0 Å². The summed E-state index contributed by atoms with van der Waals surface area (Å²) >= 11 is 0. The molecule has 116 valence electrons. The molecular weight excluding hydrogens is 281 g/mol. The highest BCUT2D eigenvalue weighted by Gasteiger charge is 2.25. The number of halogens is 1. The van der Waals surface area contributed by atoms with Crippen molar-refractivity contribution in [1.29, 1.82) is 0 Å². The first-order valence-corrected chi connectivity index (χ1v) is 6.37. The number of benzene rings is 1. The van der Waals surface area contributed by atoms with Crippen LogP contribution in [0.5, 0.6) is 0 Å². The van der Waals surface area contributed by atoms with Crippen molar-refractivity contribution in [3.63, 3.8) is 0 Å². The summed E-state index contributed by atoms with van der Waals surface area (Å²) in [5.41, 5.74) is -0.771. The number of anilines is 1. The molecular formula is C13H18FN3O4. The van der Waals surface area contributed by atoms with Gasteiger partial charge in [0.2, 0.25) is 0 Å². The maximum atomic E-state index is 13.6. The van der Waals surface area contributed by atoms with Gasteiger partial charge in [-0.05, 0) is 19.4 Å². The molecule has 1 rings (SSSR count). The second-order valence-corrected chi connectivity index (χ2v) is 4.72. The van der Waals surface area contributed by atoms with Crippen LogP contribution in [0, 0.1) is 15.9 Å². The molecule has 0 aliphatic heterocycles. The number of nitrogens with one attached hydrogen (secondary N) is 1. The van der Waals surface area contributed by atoms with Crippen LogP contribution in [0.25, 0.3) is 0 Å². The Morgan fingerprint density at radius 2 is 2.19 bits per heavy atom. The molecule has 1 unspecified atom stereocenters. The average molecular weight is 299 g/mol. The van der Waals surface area contributed by atoms with Crippen LogP contribution in [0.2, 0.25) is 0 Å². The summed E-state index contributed by atoms with van der Waals surface area (Å²) in [5, 5.41) is 22.7. The second kappa shape index (κ2) is 6.98. The SMILES string of the molecule is CNc1cc(C(=O)N(C)CCC(C)O)c([N+](=O)[O-])cc1F. The van der Waals surface area contributed by atoms with Crippen LogP contribution >= 0.6 is 0 Å². The number of aliphatic hydroxyl groups is 1. The van der Waals surface area contributed by atoms with Gasteiger partial charge in [0, 0.05) is 20.6 Å². The quantitative estimate of drug-likeness (QED) is 0.614. The number of carbonyl (C=O) groups excluding carboxylic acids is 1. The van der Waals surface area contributed by atoms with E-state index in [1.807, 2.05) is 0 Å². The van der Waals surface area contributed by atoms with Crippen LogP contribution in [-0.2, 0) is 0 Å². The standard InChI is InChI=1S/C13H18FN3O4/c1-8(18)4-5-16(3)13(19)9-6-11(15-2)10(14)7-12(9)17(20)21/h6-8,15,18H,4-5H2,1-3H3. The molecule has 0 aromatic heterocycles. The highest BCUT2D eigenvalue weighted by Crippen LogP contribution is 2.27. The Labute approximate surface area is 121 Å². The Bertz CT molecular complexity index is 548. The molecule has 1 aromatic carbocycles. The van der Waals surface area contributed by atoms with Crippen molar-refractivity contribution >= 4 is 17.3 Å². The topological polar surface area (TPSA) is 95.7 Å². The fourth-order valence-corrected chi connectivity index (χ4v) is 1.76. The van der Waals surface area contributed by atoms with Crippen LogP contribution in [-0.4, -0.2) is 47.6 Å². The fourth-order valence-electron chi connectivity index (χ4n) is 1.76. The zero-order valence-corrected chi connectivity index (χ0v) is 12.1. The van der Waals surface area contributed by atoms with Crippen molar-refractivity contribution in [3.8, 4) is 0 Å². The van der Waals surface area contributed by atoms with Gasteiger partial charge in [0.05, 0.1) is 22.8 Å². The van der Waals surface area contributed by atoms with Gasteiger partial charge in [-0.1, -0.05) is 0 Å². The molecule has 1 amide bonds. The summed E-state index contributed by atoms with van der Waals surface area (Å²) < 4.78 is 13.6. The van der Waals surface area contributed by atoms with Crippen molar-refractivity contribution in [2.75, 3.05) is 26.0 Å². The molecule has 0 saturated heterocycles. The van der Waals surface area contributed by atoms with Gasteiger partial charge in [0.1, 0.15) is 5.56 Å². The normalized spacial score (nSPS) is 11.9. The number of amides is 1. The van der Waals surface area contributed by atoms with E-state index in [-0.39, 0.29) is 17.8 Å². The minimum absolute atomic E-state index is 0.00729. The first-order chi connectivity index (χ1) is 9.77. The zero-order chi connectivity index (χ0) is 16.2. The Kier molecular flexibility index (Phi) is 5.60. The van der Waals surface area contributed by atoms with Crippen LogP contribution in [0.15, 0.2) is 12.1 Å². The van der Waals surface area contributed by atoms with Gasteiger partial charge in [-0.2, -0.15) is 0 Å². The van der Waals surface area contributed by atoms with E-state index in [2.05, 4.69) is 5.32 Å². The Balaban J connectivity index is 3.14. The van der Waals surface area contributed by atoms with Crippen molar-refractivity contribution in [1.82, 2.24) is 4.90 Å². The minimum atomic E-state index is -0.799. The number of rotatable bonds is 6. The first-order valence-electron chi connectivity index (χ1n) is 6.37. The van der Waals surface area contributed by atoms with Crippen LogP contribution in [0.4, 0.5) is 15.8 Å². The van der Waals surface area contributed by atoms with E-state index >= 15 is 0 Å². The van der Waals surface area contributed by atoms with Crippen LogP contribution < -0.4 is 5.32 Å². The Morgan fingerprint density at radius 3 is 2.67 bits per heavy atom. The van der Waals surface area contributed by atoms with Gasteiger partial charge in [0.15, 0.2) is 5.82 Å². The van der Waals surface area contributed by atoms with Crippen molar-refractivity contribution < 1.29 is 19.2 Å². The van der Waals surface area contributed by atoms with Gasteiger partial charge in [-0.3, -0.25) is 14.9 Å². The van der Waals surface area contributed by atoms with Gasteiger partial charge in [0.25, 0.3) is 11.6 Å². The highest BCUT2D eigenvalue weighted by atomic mass is 19.1. The smallest absolute Gasteiger partial charge is 0.285 e. The monoisotopic (exact) mass is 299 g/mol. The lowest BCUT2D eigenvalue weighted by Crippen LogP contribution is -2.30. The molecule has 0 radical (unpaired) electrons. The van der Waals surface area contributed by atoms with Crippen molar-refractivity contribution in [3.05, 3.63) is 33.6 Å². The van der Waals surface area contributed by atoms with Crippen LogP contribution in [0.1, 0.15) is 23.7 Å². The molecule has 1 aromatic rings. The number of aliphatic hydroxyl groups excluding tert-OH is 1. The van der Waals surface area contributed by atoms with Gasteiger partial charge in [-0.15, -0.1) is 0 Å². The largest absolute Gasteiger partial charge is 0.393 e. The molecule has 0 fully saturated rings. The third kappa shape index (κ3) is 4.12. The maximum absolute atomic E-state index is 13.6. The van der Waals surface area contributed by atoms with E-state index in [1.54, 1.807) is 6.92 Å². The summed E-state index contributed by atoms with van der Waals surface area (Å²) in [5.74, 6) is -1.40. The lowest BCUT2D eigenvalue weighted by Gasteiger charge is -2.18. The van der Waals surface area contributed by atoms with Gasteiger partial charge in [-0.25, -0.2) is 4.39 Å². The first kappa shape index (κ1) is 16.8. The van der Waals surface area contributed by atoms with Gasteiger partial charge >= 0.3 is 0 Å². The Hall–Kier alpha value is -2.22. The molecule has 8 heteroatoms. The minimum Gasteiger partial charge on any atom is -0.393 e. The molecule has 0 saturated carbocycles.